The molecule has 1 heterocycles. The first-order valence-electron chi connectivity index (χ1n) is 8.40. The van der Waals surface area contributed by atoms with Crippen LogP contribution < -0.4 is 5.32 Å². The Kier molecular flexibility index (Phi) is 5.71. The molecule has 0 saturated carbocycles. The van der Waals surface area contributed by atoms with Gasteiger partial charge < -0.3 is 20.3 Å². The van der Waals surface area contributed by atoms with E-state index in [9.17, 15) is 10.2 Å². The van der Waals surface area contributed by atoms with E-state index in [1.54, 1.807) is 11.3 Å². The maximum Gasteiger partial charge on any atom is 0.176 e. The second-order valence-corrected chi connectivity index (χ2v) is 6.86. The SMILES string of the molecule is CCOC(C)c1cccc(NC(c2csc3ccccc23)C(O)O)c1. The van der Waals surface area contributed by atoms with Gasteiger partial charge in [-0.3, -0.25) is 0 Å². The van der Waals surface area contributed by atoms with Crippen LogP contribution in [0.3, 0.4) is 0 Å². The zero-order valence-electron chi connectivity index (χ0n) is 14.3. The summed E-state index contributed by atoms with van der Waals surface area (Å²) in [7, 11) is 0. The molecule has 0 aliphatic carbocycles. The van der Waals surface area contributed by atoms with E-state index >= 15 is 0 Å². The van der Waals surface area contributed by atoms with Gasteiger partial charge in [-0.15, -0.1) is 11.3 Å². The van der Waals surface area contributed by atoms with Crippen molar-refractivity contribution in [2.75, 3.05) is 11.9 Å². The number of ether oxygens (including phenoxy) is 1. The zero-order chi connectivity index (χ0) is 17.8. The van der Waals surface area contributed by atoms with E-state index in [-0.39, 0.29) is 6.10 Å². The highest BCUT2D eigenvalue weighted by atomic mass is 32.1. The lowest BCUT2D eigenvalue weighted by atomic mass is 10.0. The number of rotatable bonds is 7. The van der Waals surface area contributed by atoms with Crippen LogP contribution in [0, 0.1) is 0 Å². The third-order valence-corrected chi connectivity index (χ3v) is 5.22. The number of benzene rings is 2. The molecule has 1 aromatic heterocycles. The number of aliphatic hydroxyl groups excluding tert-OH is 1. The first kappa shape index (κ1) is 17.9. The second-order valence-electron chi connectivity index (χ2n) is 5.95. The van der Waals surface area contributed by atoms with Crippen LogP contribution in [0.25, 0.3) is 10.1 Å². The van der Waals surface area contributed by atoms with Crippen LogP contribution in [0.5, 0.6) is 0 Å². The molecule has 2 unspecified atom stereocenters. The number of hydrogen-bond donors (Lipinski definition) is 3. The van der Waals surface area contributed by atoms with Gasteiger partial charge in [0.15, 0.2) is 6.29 Å². The standard InChI is InChI=1S/C20H23NO3S/c1-3-24-13(2)14-7-6-8-15(11-14)21-19(20(22)23)17-12-25-18-10-5-4-9-16(17)18/h4-13,19-23H,3H2,1-2H3. The largest absolute Gasteiger partial charge is 0.374 e. The van der Waals surface area contributed by atoms with E-state index in [1.807, 2.05) is 67.8 Å². The lowest BCUT2D eigenvalue weighted by molar-refractivity contribution is -0.0535. The monoisotopic (exact) mass is 357 g/mol. The number of aliphatic hydroxyl groups is 2. The Morgan fingerprint density at radius 3 is 2.68 bits per heavy atom. The van der Waals surface area contributed by atoms with E-state index in [1.165, 1.54) is 0 Å². The molecular formula is C20H23NO3S. The maximum atomic E-state index is 9.94. The molecule has 25 heavy (non-hydrogen) atoms. The zero-order valence-corrected chi connectivity index (χ0v) is 15.2. The van der Waals surface area contributed by atoms with E-state index in [4.69, 9.17) is 4.74 Å². The molecule has 0 aliphatic rings. The van der Waals surface area contributed by atoms with Gasteiger partial charge in [0.1, 0.15) is 6.04 Å². The number of thiophene rings is 1. The molecule has 0 saturated heterocycles. The van der Waals surface area contributed by atoms with Gasteiger partial charge >= 0.3 is 0 Å². The van der Waals surface area contributed by atoms with Crippen molar-refractivity contribution < 1.29 is 14.9 Å². The van der Waals surface area contributed by atoms with Gasteiger partial charge in [-0.05, 0) is 53.9 Å². The van der Waals surface area contributed by atoms with Gasteiger partial charge in [-0.2, -0.15) is 0 Å². The highest BCUT2D eigenvalue weighted by Gasteiger charge is 2.22. The molecule has 3 rings (SSSR count). The Hall–Kier alpha value is -1.92. The molecule has 5 heteroatoms. The van der Waals surface area contributed by atoms with Crippen molar-refractivity contribution >= 4 is 27.1 Å². The van der Waals surface area contributed by atoms with E-state index in [2.05, 4.69) is 5.32 Å². The first-order valence-corrected chi connectivity index (χ1v) is 9.28. The normalized spacial score (nSPS) is 14.0. The van der Waals surface area contributed by atoms with Crippen LogP contribution in [0.1, 0.15) is 37.1 Å². The highest BCUT2D eigenvalue weighted by Crippen LogP contribution is 2.33. The van der Waals surface area contributed by atoms with Gasteiger partial charge in [0, 0.05) is 17.0 Å². The van der Waals surface area contributed by atoms with E-state index in [0.717, 1.165) is 26.9 Å². The minimum absolute atomic E-state index is 0.00812. The van der Waals surface area contributed by atoms with E-state index in [0.29, 0.717) is 6.61 Å². The predicted octanol–water partition coefficient (Wildman–Crippen LogP) is 4.46. The Balaban J connectivity index is 1.89. The number of nitrogens with one attached hydrogen (secondary N) is 1. The van der Waals surface area contributed by atoms with Crippen molar-refractivity contribution in [1.82, 2.24) is 0 Å². The fraction of sp³-hybridized carbons (Fsp3) is 0.300. The second kappa shape index (κ2) is 7.97. The summed E-state index contributed by atoms with van der Waals surface area (Å²) in [6.45, 7) is 4.63. The molecule has 2 atom stereocenters. The van der Waals surface area contributed by atoms with Gasteiger partial charge in [0.05, 0.1) is 6.10 Å². The predicted molar refractivity (Wildman–Crippen MR) is 103 cm³/mol. The van der Waals surface area contributed by atoms with Crippen LogP contribution in [0.2, 0.25) is 0 Å². The van der Waals surface area contributed by atoms with Gasteiger partial charge in [0.25, 0.3) is 0 Å². The van der Waals surface area contributed by atoms with Crippen molar-refractivity contribution in [2.45, 2.75) is 32.3 Å². The Labute approximate surface area is 151 Å². The summed E-state index contributed by atoms with van der Waals surface area (Å²) in [6.07, 6.45) is -1.52. The average molecular weight is 357 g/mol. The molecule has 0 bridgehead atoms. The molecule has 132 valence electrons. The van der Waals surface area contributed by atoms with Crippen LogP contribution in [-0.2, 0) is 4.74 Å². The Morgan fingerprint density at radius 1 is 1.12 bits per heavy atom. The molecule has 0 amide bonds. The van der Waals surface area contributed by atoms with E-state index < -0.39 is 12.3 Å². The van der Waals surface area contributed by atoms with Gasteiger partial charge in [-0.25, -0.2) is 0 Å². The minimum atomic E-state index is -1.51. The van der Waals surface area contributed by atoms with Gasteiger partial charge in [-0.1, -0.05) is 30.3 Å². The van der Waals surface area contributed by atoms with Crippen molar-refractivity contribution in [2.24, 2.45) is 0 Å². The van der Waals surface area contributed by atoms with Crippen LogP contribution in [-0.4, -0.2) is 23.1 Å². The third-order valence-electron chi connectivity index (χ3n) is 4.24. The van der Waals surface area contributed by atoms with Gasteiger partial charge in [0.2, 0.25) is 0 Å². The summed E-state index contributed by atoms with van der Waals surface area (Å²) < 4.78 is 6.77. The fourth-order valence-corrected chi connectivity index (χ4v) is 3.96. The third kappa shape index (κ3) is 4.02. The minimum Gasteiger partial charge on any atom is -0.374 e. The number of fused-ring (bicyclic) bond motifs is 1. The number of hydrogen-bond acceptors (Lipinski definition) is 5. The molecule has 4 nitrogen and oxygen atoms in total. The molecular weight excluding hydrogens is 334 g/mol. The van der Waals surface area contributed by atoms with Crippen molar-refractivity contribution in [3.05, 3.63) is 65.0 Å². The summed E-state index contributed by atoms with van der Waals surface area (Å²) >= 11 is 1.60. The smallest absolute Gasteiger partial charge is 0.176 e. The summed E-state index contributed by atoms with van der Waals surface area (Å²) in [5, 5.41) is 26.2. The molecule has 2 aromatic carbocycles. The van der Waals surface area contributed by atoms with Crippen molar-refractivity contribution in [1.29, 1.82) is 0 Å². The average Bonchev–Trinajstić information content (AvgIpc) is 3.04. The van der Waals surface area contributed by atoms with Crippen molar-refractivity contribution in [3.8, 4) is 0 Å². The Morgan fingerprint density at radius 2 is 1.92 bits per heavy atom. The molecule has 0 spiro atoms. The lowest BCUT2D eigenvalue weighted by Gasteiger charge is -2.22. The van der Waals surface area contributed by atoms with Crippen LogP contribution >= 0.6 is 11.3 Å². The molecule has 0 aliphatic heterocycles. The van der Waals surface area contributed by atoms with Crippen molar-refractivity contribution in [3.63, 3.8) is 0 Å². The number of anilines is 1. The molecule has 3 aromatic rings. The van der Waals surface area contributed by atoms with Crippen LogP contribution in [0.15, 0.2) is 53.9 Å². The summed E-state index contributed by atoms with van der Waals surface area (Å²) in [5.41, 5.74) is 2.77. The van der Waals surface area contributed by atoms with Crippen LogP contribution in [0.4, 0.5) is 5.69 Å². The topological polar surface area (TPSA) is 61.7 Å². The summed E-state index contributed by atoms with van der Waals surface area (Å²) in [5.74, 6) is 0. The first-order chi connectivity index (χ1) is 12.1. The quantitative estimate of drug-likeness (QED) is 0.546. The Bertz CT molecular complexity index is 830. The summed E-state index contributed by atoms with van der Waals surface area (Å²) in [6, 6.07) is 15.3. The maximum absolute atomic E-state index is 9.94. The molecule has 0 radical (unpaired) electrons. The summed E-state index contributed by atoms with van der Waals surface area (Å²) in [4.78, 5) is 0. The lowest BCUT2D eigenvalue weighted by Crippen LogP contribution is -2.25. The molecule has 0 fully saturated rings. The fourth-order valence-electron chi connectivity index (χ4n) is 2.96. The highest BCUT2D eigenvalue weighted by molar-refractivity contribution is 7.17. The molecule has 3 N–H and O–H groups in total.